The van der Waals surface area contributed by atoms with Gasteiger partial charge in [0.25, 0.3) is 5.91 Å². The Kier molecular flexibility index (Phi) is 7.46. The first-order valence-corrected chi connectivity index (χ1v) is 10.8. The van der Waals surface area contributed by atoms with Crippen molar-refractivity contribution < 1.29 is 23.1 Å². The fourth-order valence-corrected chi connectivity index (χ4v) is 3.92. The van der Waals surface area contributed by atoms with Crippen molar-refractivity contribution in [2.24, 2.45) is 4.99 Å². The number of hydrogen-bond donors (Lipinski definition) is 3. The van der Waals surface area contributed by atoms with Gasteiger partial charge in [0, 0.05) is 23.2 Å². The molecular formula is C22H30F2N4O3. The number of guanidine groups is 1. The van der Waals surface area contributed by atoms with Crippen molar-refractivity contribution in [3.05, 3.63) is 35.4 Å². The average molecular weight is 437 g/mol. The normalized spacial score (nSPS) is 22.8. The first kappa shape index (κ1) is 23.0. The molecule has 0 radical (unpaired) electrons. The summed E-state index contributed by atoms with van der Waals surface area (Å²) >= 11 is 0. The van der Waals surface area contributed by atoms with Gasteiger partial charge in [0.05, 0.1) is 6.61 Å². The maximum Gasteiger partial charge on any atom is 0.407 e. The molecule has 0 bridgehead atoms. The van der Waals surface area contributed by atoms with Crippen molar-refractivity contribution in [3.63, 3.8) is 0 Å². The third-order valence-corrected chi connectivity index (χ3v) is 5.92. The van der Waals surface area contributed by atoms with Gasteiger partial charge in [-0.3, -0.25) is 4.79 Å². The Morgan fingerprint density at radius 2 is 1.74 bits per heavy atom. The largest absolute Gasteiger partial charge is 0.450 e. The van der Waals surface area contributed by atoms with E-state index in [4.69, 9.17) is 4.74 Å². The predicted molar refractivity (Wildman–Crippen MR) is 113 cm³/mol. The molecule has 2 aliphatic carbocycles. The van der Waals surface area contributed by atoms with Crippen LogP contribution in [0.5, 0.6) is 0 Å². The number of nitrogens with one attached hydrogen (secondary N) is 3. The van der Waals surface area contributed by atoms with Crippen LogP contribution < -0.4 is 16.0 Å². The summed E-state index contributed by atoms with van der Waals surface area (Å²) in [5, 5.41) is 9.50. The zero-order valence-corrected chi connectivity index (χ0v) is 18.0. The van der Waals surface area contributed by atoms with E-state index < -0.39 is 23.6 Å². The zero-order valence-electron chi connectivity index (χ0n) is 18.0. The molecule has 1 aromatic carbocycles. The Balaban J connectivity index is 1.64. The highest BCUT2D eigenvalue weighted by Gasteiger charge is 2.33. The summed E-state index contributed by atoms with van der Waals surface area (Å²) in [7, 11) is 0. The van der Waals surface area contributed by atoms with Gasteiger partial charge in [-0.15, -0.1) is 0 Å². The van der Waals surface area contributed by atoms with Crippen molar-refractivity contribution in [2.75, 3.05) is 6.61 Å². The molecule has 7 nitrogen and oxygen atoms in total. The average Bonchev–Trinajstić information content (AvgIpc) is 2.70. The van der Waals surface area contributed by atoms with E-state index in [-0.39, 0.29) is 23.2 Å². The number of amides is 2. The fraction of sp³-hybridized carbons (Fsp3) is 0.591. The highest BCUT2D eigenvalue weighted by Crippen LogP contribution is 2.31. The van der Waals surface area contributed by atoms with Crippen LogP contribution in [0, 0.1) is 11.6 Å². The minimum atomic E-state index is -1.08. The van der Waals surface area contributed by atoms with Crippen LogP contribution >= 0.6 is 0 Å². The molecule has 3 rings (SSSR count). The molecule has 1 aromatic rings. The number of halogens is 2. The van der Waals surface area contributed by atoms with Crippen LogP contribution in [0.3, 0.4) is 0 Å². The molecule has 0 aromatic heterocycles. The Labute approximate surface area is 181 Å². The lowest BCUT2D eigenvalue weighted by Crippen LogP contribution is -2.57. The van der Waals surface area contributed by atoms with E-state index >= 15 is 0 Å². The molecule has 0 saturated heterocycles. The standard InChI is InChI=1S/C22H30F2N4O3/c1-3-31-21(30)26-16-8-6-15(7-9-16)25-20(28-22(2)11-4-12-22)27-19(29)14-5-10-17(23)18(24)13-14/h5,10,13,15-16H,3-4,6-9,11-12H2,1-2H3,(H,26,30)(H2,25,27,28,29)/t15-,16-. The smallest absolute Gasteiger partial charge is 0.407 e. The van der Waals surface area contributed by atoms with Gasteiger partial charge in [0.15, 0.2) is 17.6 Å². The topological polar surface area (TPSA) is 91.8 Å². The maximum atomic E-state index is 13.5. The van der Waals surface area contributed by atoms with Gasteiger partial charge in [0.1, 0.15) is 0 Å². The lowest BCUT2D eigenvalue weighted by atomic mass is 9.79. The van der Waals surface area contributed by atoms with E-state index in [2.05, 4.69) is 27.9 Å². The Morgan fingerprint density at radius 3 is 2.29 bits per heavy atom. The first-order valence-electron chi connectivity index (χ1n) is 10.8. The van der Waals surface area contributed by atoms with E-state index in [0.717, 1.165) is 57.1 Å². The molecule has 0 unspecified atom stereocenters. The number of rotatable bonds is 5. The van der Waals surface area contributed by atoms with Gasteiger partial charge in [-0.25, -0.2) is 13.6 Å². The Bertz CT molecular complexity index is 834. The van der Waals surface area contributed by atoms with Crippen molar-refractivity contribution in [1.82, 2.24) is 16.0 Å². The van der Waals surface area contributed by atoms with E-state index in [1.165, 1.54) is 6.07 Å². The molecule has 2 aliphatic rings. The summed E-state index contributed by atoms with van der Waals surface area (Å²) in [4.78, 5) is 28.3. The van der Waals surface area contributed by atoms with Crippen molar-refractivity contribution in [1.29, 1.82) is 0 Å². The number of carbonyl (C=O) groups is 2. The number of hydrogen-bond acceptors (Lipinski definition) is 3. The maximum absolute atomic E-state index is 13.5. The third kappa shape index (κ3) is 6.38. The number of ether oxygens (including phenoxy) is 1. The van der Waals surface area contributed by atoms with Gasteiger partial charge in [-0.2, -0.15) is 4.99 Å². The minimum absolute atomic E-state index is 0.0129. The summed E-state index contributed by atoms with van der Waals surface area (Å²) in [6.45, 7) is 4.16. The second-order valence-corrected chi connectivity index (χ2v) is 8.49. The first-order chi connectivity index (χ1) is 14.8. The predicted octanol–water partition coefficient (Wildman–Crippen LogP) is 3.64. The number of nitrogens with zero attached hydrogens (tertiary/aromatic N) is 1. The zero-order chi connectivity index (χ0) is 22.4. The fourth-order valence-electron chi connectivity index (χ4n) is 3.92. The van der Waals surface area contributed by atoms with Crippen LogP contribution in [0.1, 0.15) is 69.2 Å². The molecule has 2 saturated carbocycles. The number of alkyl carbamates (subject to hydrolysis) is 1. The molecule has 31 heavy (non-hydrogen) atoms. The summed E-state index contributed by atoms with van der Waals surface area (Å²) in [6.07, 6.45) is 5.74. The highest BCUT2D eigenvalue weighted by molar-refractivity contribution is 6.02. The lowest BCUT2D eigenvalue weighted by molar-refractivity contribution is 0.1000. The summed E-state index contributed by atoms with van der Waals surface area (Å²) in [5.41, 5.74) is -0.163. The molecular weight excluding hydrogens is 406 g/mol. The minimum Gasteiger partial charge on any atom is -0.450 e. The van der Waals surface area contributed by atoms with Crippen LogP contribution in [-0.4, -0.2) is 42.2 Å². The van der Waals surface area contributed by atoms with Gasteiger partial charge < -0.3 is 20.7 Å². The van der Waals surface area contributed by atoms with Crippen LogP contribution in [0.2, 0.25) is 0 Å². The molecule has 9 heteroatoms. The second-order valence-electron chi connectivity index (χ2n) is 8.49. The van der Waals surface area contributed by atoms with Crippen molar-refractivity contribution in [2.45, 2.75) is 76.4 Å². The van der Waals surface area contributed by atoms with Crippen molar-refractivity contribution in [3.8, 4) is 0 Å². The van der Waals surface area contributed by atoms with E-state index in [1.807, 2.05) is 0 Å². The number of benzene rings is 1. The number of carbonyl (C=O) groups excluding carboxylic acids is 2. The Morgan fingerprint density at radius 1 is 1.10 bits per heavy atom. The Hall–Kier alpha value is -2.71. The highest BCUT2D eigenvalue weighted by atomic mass is 19.2. The van der Waals surface area contributed by atoms with Gasteiger partial charge >= 0.3 is 6.09 Å². The molecule has 2 fully saturated rings. The summed E-state index contributed by atoms with van der Waals surface area (Å²) < 4.78 is 31.6. The SMILES string of the molecule is CCOC(=O)N[C@H]1CC[C@H](N/C(=N\C(=O)c2ccc(F)c(F)c2)NC2(C)CCC2)CC1. The van der Waals surface area contributed by atoms with Gasteiger partial charge in [0.2, 0.25) is 0 Å². The third-order valence-electron chi connectivity index (χ3n) is 5.92. The van der Waals surface area contributed by atoms with Gasteiger partial charge in [-0.1, -0.05) is 0 Å². The molecule has 0 spiro atoms. The van der Waals surface area contributed by atoms with E-state index in [9.17, 15) is 18.4 Å². The van der Waals surface area contributed by atoms with Crippen LogP contribution in [0.25, 0.3) is 0 Å². The van der Waals surface area contributed by atoms with Crippen LogP contribution in [0.15, 0.2) is 23.2 Å². The molecule has 3 N–H and O–H groups in total. The monoisotopic (exact) mass is 436 g/mol. The van der Waals surface area contributed by atoms with Crippen LogP contribution in [0.4, 0.5) is 13.6 Å². The van der Waals surface area contributed by atoms with Crippen LogP contribution in [-0.2, 0) is 4.74 Å². The summed E-state index contributed by atoms with van der Waals surface area (Å²) in [5.74, 6) is -2.39. The molecule has 170 valence electrons. The molecule has 2 amide bonds. The molecule has 0 aliphatic heterocycles. The quantitative estimate of drug-likeness (QED) is 0.484. The lowest BCUT2D eigenvalue weighted by Gasteiger charge is -2.41. The second kappa shape index (κ2) is 10.1. The molecule has 0 atom stereocenters. The number of aliphatic imine (C=N–C) groups is 1. The van der Waals surface area contributed by atoms with Crippen molar-refractivity contribution >= 4 is 18.0 Å². The van der Waals surface area contributed by atoms with E-state index in [1.54, 1.807) is 6.92 Å². The molecule has 0 heterocycles. The van der Waals surface area contributed by atoms with E-state index in [0.29, 0.717) is 12.6 Å². The summed E-state index contributed by atoms with van der Waals surface area (Å²) in [6, 6.07) is 3.13. The van der Waals surface area contributed by atoms with Gasteiger partial charge in [-0.05, 0) is 77.0 Å².